The molecule has 6 aromatic rings. The molecular weight excluding hydrogens is 689 g/mol. The van der Waals surface area contributed by atoms with E-state index < -0.39 is 0 Å². The quantitative estimate of drug-likeness (QED) is 0.140. The standard InChI is InChI=1S/C48H36N8/c1-21-13-33-34(14-22(21)2)42-49-41(33)50-43-35-15-23(3)25(5)17-37(35)45(52-43)54-47-39-19-31-27(7)29-11-9-10-12-30(29)28(8)32(31)20-40(39)48(56-47)55-46-38-18-26(6)24(4)16-36(38)44(51-42)53-46/h9-20H,1-8H3. The molecule has 268 valence electrons. The van der Waals surface area contributed by atoms with Crippen LogP contribution in [-0.2, 0) is 0 Å². The summed E-state index contributed by atoms with van der Waals surface area (Å²) in [6, 6.07) is 26.0. The van der Waals surface area contributed by atoms with Crippen molar-refractivity contribution in [3.8, 4) is 0 Å². The number of aliphatic imine (C=N–C) groups is 8. The highest BCUT2D eigenvalue weighted by Crippen LogP contribution is 2.37. The number of fused-ring (bicyclic) bond motifs is 18. The molecule has 0 aliphatic carbocycles. The van der Waals surface area contributed by atoms with Gasteiger partial charge in [-0.25, -0.2) is 39.9 Å². The second kappa shape index (κ2) is 11.4. The van der Waals surface area contributed by atoms with Gasteiger partial charge >= 0.3 is 0 Å². The third-order valence-corrected chi connectivity index (χ3v) is 12.2. The van der Waals surface area contributed by atoms with E-state index in [0.29, 0.717) is 46.7 Å². The molecule has 56 heavy (non-hydrogen) atoms. The van der Waals surface area contributed by atoms with Crippen LogP contribution in [0.15, 0.2) is 113 Å². The maximum absolute atomic E-state index is 5.29. The van der Waals surface area contributed by atoms with Crippen LogP contribution in [0, 0.1) is 55.4 Å². The number of nitrogens with zero attached hydrogens (tertiary/aromatic N) is 8. The van der Waals surface area contributed by atoms with E-state index in [1.165, 1.54) is 21.9 Å². The average Bonchev–Trinajstić information content (AvgIpc) is 3.89. The molecular formula is C48H36N8. The highest BCUT2D eigenvalue weighted by Gasteiger charge is 2.32. The lowest BCUT2D eigenvalue weighted by Gasteiger charge is -2.14. The van der Waals surface area contributed by atoms with Crippen LogP contribution in [0.25, 0.3) is 21.5 Å². The Labute approximate surface area is 324 Å². The van der Waals surface area contributed by atoms with Crippen molar-refractivity contribution in [2.45, 2.75) is 55.4 Å². The van der Waals surface area contributed by atoms with Crippen LogP contribution in [-0.4, -0.2) is 46.7 Å². The van der Waals surface area contributed by atoms with Crippen LogP contribution in [0.4, 0.5) is 0 Å². The molecule has 8 heteroatoms. The molecule has 0 amide bonds. The Morgan fingerprint density at radius 1 is 0.250 bits per heavy atom. The van der Waals surface area contributed by atoms with Crippen LogP contribution < -0.4 is 0 Å². The van der Waals surface area contributed by atoms with E-state index in [0.717, 1.165) is 88.7 Å². The number of hydrogen-bond donors (Lipinski definition) is 0. The Hall–Kier alpha value is -6.80. The highest BCUT2D eigenvalue weighted by molar-refractivity contribution is 6.36. The first-order valence-corrected chi connectivity index (χ1v) is 19.0. The average molecular weight is 725 g/mol. The molecule has 5 aliphatic rings. The summed E-state index contributed by atoms with van der Waals surface area (Å²) in [5.74, 6) is 4.48. The van der Waals surface area contributed by atoms with Crippen molar-refractivity contribution < 1.29 is 0 Å². The lowest BCUT2D eigenvalue weighted by Crippen LogP contribution is -2.05. The first-order valence-electron chi connectivity index (χ1n) is 19.0. The van der Waals surface area contributed by atoms with Gasteiger partial charge in [0.2, 0.25) is 0 Å². The highest BCUT2D eigenvalue weighted by atomic mass is 15.1. The van der Waals surface area contributed by atoms with Gasteiger partial charge in [-0.2, -0.15) is 0 Å². The predicted octanol–water partition coefficient (Wildman–Crippen LogP) is 9.60. The summed E-state index contributed by atoms with van der Waals surface area (Å²) >= 11 is 0. The predicted molar refractivity (Wildman–Crippen MR) is 231 cm³/mol. The zero-order valence-corrected chi connectivity index (χ0v) is 32.5. The lowest BCUT2D eigenvalue weighted by molar-refractivity contribution is 1.32. The summed E-state index contributed by atoms with van der Waals surface area (Å²) in [5, 5.41) is 4.80. The van der Waals surface area contributed by atoms with Gasteiger partial charge < -0.3 is 0 Å². The van der Waals surface area contributed by atoms with Crippen molar-refractivity contribution in [2.24, 2.45) is 39.9 Å². The fraction of sp³-hybridized carbons (Fsp3) is 0.167. The molecule has 8 bridgehead atoms. The number of amidine groups is 8. The van der Waals surface area contributed by atoms with Crippen LogP contribution in [0.5, 0.6) is 0 Å². The second-order valence-corrected chi connectivity index (χ2v) is 15.7. The van der Waals surface area contributed by atoms with E-state index in [1.54, 1.807) is 0 Å². The minimum Gasteiger partial charge on any atom is -0.208 e. The number of benzene rings is 6. The van der Waals surface area contributed by atoms with Gasteiger partial charge in [0.1, 0.15) is 0 Å². The minimum atomic E-state index is 0.556. The largest absolute Gasteiger partial charge is 0.208 e. The maximum Gasteiger partial charge on any atom is 0.164 e. The van der Waals surface area contributed by atoms with Crippen LogP contribution in [0.1, 0.15) is 89.0 Å². The zero-order chi connectivity index (χ0) is 38.3. The van der Waals surface area contributed by atoms with E-state index in [9.17, 15) is 0 Å². The summed E-state index contributed by atoms with van der Waals surface area (Å²) in [7, 11) is 0. The van der Waals surface area contributed by atoms with E-state index in [1.807, 2.05) is 0 Å². The summed E-state index contributed by atoms with van der Waals surface area (Å²) < 4.78 is 0. The van der Waals surface area contributed by atoms with Crippen LogP contribution in [0.3, 0.4) is 0 Å². The van der Waals surface area contributed by atoms with Gasteiger partial charge in [0.15, 0.2) is 46.7 Å². The van der Waals surface area contributed by atoms with Gasteiger partial charge in [-0.1, -0.05) is 24.3 Å². The summed E-state index contributed by atoms with van der Waals surface area (Å²) in [5.41, 5.74) is 16.7. The van der Waals surface area contributed by atoms with Gasteiger partial charge in [0.25, 0.3) is 0 Å². The molecule has 0 fully saturated rings. The zero-order valence-electron chi connectivity index (χ0n) is 32.5. The monoisotopic (exact) mass is 724 g/mol. The Morgan fingerprint density at radius 3 is 0.661 bits per heavy atom. The van der Waals surface area contributed by atoms with E-state index in [4.69, 9.17) is 39.9 Å². The summed E-state index contributed by atoms with van der Waals surface area (Å²) in [6.45, 7) is 17.1. The van der Waals surface area contributed by atoms with Crippen molar-refractivity contribution in [1.29, 1.82) is 0 Å². The van der Waals surface area contributed by atoms with Gasteiger partial charge in [-0.15, -0.1) is 0 Å². The molecule has 0 N–H and O–H groups in total. The third kappa shape index (κ3) is 4.59. The normalized spacial score (nSPS) is 16.0. The van der Waals surface area contributed by atoms with Gasteiger partial charge in [-0.3, -0.25) is 0 Å². The topological polar surface area (TPSA) is 98.9 Å². The third-order valence-electron chi connectivity index (χ3n) is 12.2. The van der Waals surface area contributed by atoms with Crippen LogP contribution in [0.2, 0.25) is 0 Å². The molecule has 6 aromatic carbocycles. The Bertz CT molecular complexity index is 3200. The lowest BCUT2D eigenvalue weighted by atomic mass is 9.90. The SMILES string of the molecule is Cc1cc2c(cc1C)C1=NC3=NC(=NC4=NC(=NC5=NC(=NC2=N1)c1cc(C)c(C)cc15)c1cc2c(C)c5ccccc5c(C)c2cc14)c1cc(C)c(C)cc13. The van der Waals surface area contributed by atoms with Crippen LogP contribution >= 0.6 is 0 Å². The first kappa shape index (κ1) is 32.6. The molecule has 0 unspecified atom stereocenters. The van der Waals surface area contributed by atoms with Crippen molar-refractivity contribution in [3.63, 3.8) is 0 Å². The van der Waals surface area contributed by atoms with E-state index in [-0.39, 0.29) is 0 Å². The number of aryl methyl sites for hydroxylation is 8. The Balaban J connectivity index is 1.24. The Kier molecular flexibility index (Phi) is 6.62. The molecule has 0 saturated heterocycles. The molecule has 5 heterocycles. The fourth-order valence-electron chi connectivity index (χ4n) is 8.54. The molecule has 0 atom stereocenters. The van der Waals surface area contributed by atoms with Gasteiger partial charge in [0.05, 0.1) is 0 Å². The minimum absolute atomic E-state index is 0.556. The second-order valence-electron chi connectivity index (χ2n) is 15.7. The van der Waals surface area contributed by atoms with Crippen molar-refractivity contribution >= 4 is 68.2 Å². The fourth-order valence-corrected chi connectivity index (χ4v) is 8.54. The molecule has 5 aliphatic heterocycles. The van der Waals surface area contributed by atoms with Gasteiger partial charge in [-0.05, 0) is 170 Å². The number of hydrogen-bond acceptors (Lipinski definition) is 8. The van der Waals surface area contributed by atoms with Crippen molar-refractivity contribution in [2.75, 3.05) is 0 Å². The van der Waals surface area contributed by atoms with Gasteiger partial charge in [0, 0.05) is 44.5 Å². The van der Waals surface area contributed by atoms with E-state index >= 15 is 0 Å². The first-order chi connectivity index (χ1) is 27.0. The molecule has 0 saturated carbocycles. The number of rotatable bonds is 0. The molecule has 0 spiro atoms. The molecule has 8 nitrogen and oxygen atoms in total. The van der Waals surface area contributed by atoms with Crippen molar-refractivity contribution in [1.82, 2.24) is 0 Å². The summed E-state index contributed by atoms with van der Waals surface area (Å²) in [4.78, 5) is 41.6. The maximum atomic E-state index is 5.29. The van der Waals surface area contributed by atoms with E-state index in [2.05, 4.69) is 128 Å². The Morgan fingerprint density at radius 2 is 0.446 bits per heavy atom. The molecule has 0 radical (unpaired) electrons. The summed E-state index contributed by atoms with van der Waals surface area (Å²) in [6.07, 6.45) is 0. The molecule has 0 aromatic heterocycles. The smallest absolute Gasteiger partial charge is 0.164 e. The van der Waals surface area contributed by atoms with Crippen molar-refractivity contribution in [3.05, 3.63) is 162 Å². The molecule has 11 rings (SSSR count).